The smallest absolute Gasteiger partial charge is 0.220 e. The number of amides is 1. The molecular weight excluding hydrogens is 262 g/mol. The predicted molar refractivity (Wildman–Crippen MR) is 88.5 cm³/mol. The first-order chi connectivity index (χ1) is 10.1. The Morgan fingerprint density at radius 1 is 1.38 bits per heavy atom. The lowest BCUT2D eigenvalue weighted by Crippen LogP contribution is -2.32. The third-order valence-electron chi connectivity index (χ3n) is 4.20. The number of nitrogens with one attached hydrogen (secondary N) is 1. The number of rotatable bonds is 6. The van der Waals surface area contributed by atoms with Crippen molar-refractivity contribution >= 4 is 17.3 Å². The van der Waals surface area contributed by atoms with Crippen LogP contribution in [0, 0.1) is 0 Å². The molecule has 3 N–H and O–H groups in total. The molecule has 1 saturated heterocycles. The Hall–Kier alpha value is -1.71. The average molecular weight is 289 g/mol. The Kier molecular flexibility index (Phi) is 5.48. The number of carbonyl (C=O) groups is 1. The lowest BCUT2D eigenvalue weighted by molar-refractivity contribution is -0.121. The van der Waals surface area contributed by atoms with Crippen LogP contribution >= 0.6 is 0 Å². The molecule has 1 aromatic rings. The van der Waals surface area contributed by atoms with E-state index in [2.05, 4.69) is 29.3 Å². The SMILES string of the molecule is CCC(C)NC(=O)CCc1ccc(N2CCCC2)c(N)c1. The van der Waals surface area contributed by atoms with E-state index < -0.39 is 0 Å². The number of nitrogens with zero attached hydrogens (tertiary/aromatic N) is 1. The minimum absolute atomic E-state index is 0.117. The van der Waals surface area contributed by atoms with Gasteiger partial charge in [-0.3, -0.25) is 4.79 Å². The Bertz CT molecular complexity index is 481. The molecule has 4 heteroatoms. The second kappa shape index (κ2) is 7.34. The average Bonchev–Trinajstić information content (AvgIpc) is 2.99. The standard InChI is InChI=1S/C17H27N3O/c1-3-13(2)19-17(21)9-7-14-6-8-16(15(18)12-14)20-10-4-5-11-20/h6,8,12-13H,3-5,7,9-11,18H2,1-2H3,(H,19,21). The number of nitrogen functional groups attached to an aromatic ring is 1. The minimum atomic E-state index is 0.117. The van der Waals surface area contributed by atoms with Gasteiger partial charge in [0.2, 0.25) is 5.91 Å². The van der Waals surface area contributed by atoms with Gasteiger partial charge in [-0.2, -0.15) is 0 Å². The molecule has 1 heterocycles. The Balaban J connectivity index is 1.89. The zero-order chi connectivity index (χ0) is 15.2. The number of aryl methyl sites for hydroxylation is 1. The van der Waals surface area contributed by atoms with E-state index in [9.17, 15) is 4.79 Å². The zero-order valence-electron chi connectivity index (χ0n) is 13.2. The third-order valence-corrected chi connectivity index (χ3v) is 4.20. The fourth-order valence-electron chi connectivity index (χ4n) is 2.71. The first-order valence-corrected chi connectivity index (χ1v) is 8.03. The van der Waals surface area contributed by atoms with Crippen LogP contribution in [-0.2, 0) is 11.2 Å². The molecule has 1 aliphatic heterocycles. The minimum Gasteiger partial charge on any atom is -0.397 e. The van der Waals surface area contributed by atoms with E-state index in [0.29, 0.717) is 6.42 Å². The van der Waals surface area contributed by atoms with Crippen LogP contribution in [0.4, 0.5) is 11.4 Å². The van der Waals surface area contributed by atoms with Crippen LogP contribution in [0.25, 0.3) is 0 Å². The van der Waals surface area contributed by atoms with Crippen LogP contribution in [-0.4, -0.2) is 25.0 Å². The summed E-state index contributed by atoms with van der Waals surface area (Å²) < 4.78 is 0. The maximum absolute atomic E-state index is 11.8. The van der Waals surface area contributed by atoms with E-state index in [1.54, 1.807) is 0 Å². The second-order valence-electron chi connectivity index (χ2n) is 5.96. The van der Waals surface area contributed by atoms with E-state index in [1.165, 1.54) is 12.8 Å². The van der Waals surface area contributed by atoms with Crippen molar-refractivity contribution in [2.24, 2.45) is 0 Å². The van der Waals surface area contributed by atoms with E-state index in [4.69, 9.17) is 5.73 Å². The molecule has 1 aromatic carbocycles. The number of anilines is 2. The van der Waals surface area contributed by atoms with Gasteiger partial charge in [0.15, 0.2) is 0 Å². The van der Waals surface area contributed by atoms with Crippen LogP contribution in [0.3, 0.4) is 0 Å². The van der Waals surface area contributed by atoms with E-state index >= 15 is 0 Å². The fourth-order valence-corrected chi connectivity index (χ4v) is 2.71. The summed E-state index contributed by atoms with van der Waals surface area (Å²) in [5.74, 6) is 0.117. The summed E-state index contributed by atoms with van der Waals surface area (Å²) in [5, 5.41) is 2.99. The van der Waals surface area contributed by atoms with E-state index in [0.717, 1.165) is 42.9 Å². The van der Waals surface area contributed by atoms with Crippen molar-refractivity contribution in [1.82, 2.24) is 5.32 Å². The van der Waals surface area contributed by atoms with Crippen molar-refractivity contribution in [2.45, 2.75) is 52.0 Å². The topological polar surface area (TPSA) is 58.4 Å². The van der Waals surface area contributed by atoms with Gasteiger partial charge in [-0.15, -0.1) is 0 Å². The molecule has 116 valence electrons. The van der Waals surface area contributed by atoms with Gasteiger partial charge in [-0.25, -0.2) is 0 Å². The molecule has 0 saturated carbocycles. The molecule has 21 heavy (non-hydrogen) atoms. The molecule has 4 nitrogen and oxygen atoms in total. The highest BCUT2D eigenvalue weighted by Gasteiger charge is 2.15. The Labute approximate surface area is 127 Å². The van der Waals surface area contributed by atoms with Gasteiger partial charge in [-0.05, 0) is 50.3 Å². The molecule has 0 spiro atoms. The van der Waals surface area contributed by atoms with Crippen LogP contribution in [0.15, 0.2) is 18.2 Å². The molecule has 1 aliphatic rings. The second-order valence-corrected chi connectivity index (χ2v) is 5.96. The van der Waals surface area contributed by atoms with Crippen LogP contribution in [0.2, 0.25) is 0 Å². The maximum atomic E-state index is 11.8. The van der Waals surface area contributed by atoms with Gasteiger partial charge >= 0.3 is 0 Å². The van der Waals surface area contributed by atoms with Crippen molar-refractivity contribution in [1.29, 1.82) is 0 Å². The van der Waals surface area contributed by atoms with Gasteiger partial charge in [0.05, 0.1) is 11.4 Å². The highest BCUT2D eigenvalue weighted by atomic mass is 16.1. The normalized spacial score (nSPS) is 16.0. The van der Waals surface area contributed by atoms with E-state index in [1.807, 2.05) is 13.0 Å². The highest BCUT2D eigenvalue weighted by molar-refractivity contribution is 5.76. The maximum Gasteiger partial charge on any atom is 0.220 e. The highest BCUT2D eigenvalue weighted by Crippen LogP contribution is 2.27. The Morgan fingerprint density at radius 2 is 2.10 bits per heavy atom. The van der Waals surface area contributed by atoms with Gasteiger partial charge in [0, 0.05) is 25.6 Å². The lowest BCUT2D eigenvalue weighted by Gasteiger charge is -2.20. The molecule has 1 unspecified atom stereocenters. The van der Waals surface area contributed by atoms with Crippen molar-refractivity contribution in [3.05, 3.63) is 23.8 Å². The molecule has 0 bridgehead atoms. The van der Waals surface area contributed by atoms with Crippen LogP contribution in [0.5, 0.6) is 0 Å². The summed E-state index contributed by atoms with van der Waals surface area (Å²) in [6, 6.07) is 6.47. The molecule has 0 aliphatic carbocycles. The predicted octanol–water partition coefficient (Wildman–Crippen LogP) is 2.72. The molecule has 2 rings (SSSR count). The summed E-state index contributed by atoms with van der Waals surface area (Å²) >= 11 is 0. The lowest BCUT2D eigenvalue weighted by atomic mass is 10.1. The molecule has 1 fully saturated rings. The largest absolute Gasteiger partial charge is 0.397 e. The first kappa shape index (κ1) is 15.7. The van der Waals surface area contributed by atoms with Gasteiger partial charge in [0.1, 0.15) is 0 Å². The number of nitrogens with two attached hydrogens (primary N) is 1. The summed E-state index contributed by atoms with van der Waals surface area (Å²) in [6.45, 7) is 6.30. The molecule has 0 aromatic heterocycles. The van der Waals surface area contributed by atoms with Crippen LogP contribution < -0.4 is 16.0 Å². The van der Waals surface area contributed by atoms with Crippen molar-refractivity contribution in [3.8, 4) is 0 Å². The van der Waals surface area contributed by atoms with Gasteiger partial charge in [0.25, 0.3) is 0 Å². The third kappa shape index (κ3) is 4.38. The number of benzene rings is 1. The molecule has 0 radical (unpaired) electrons. The summed E-state index contributed by atoms with van der Waals surface area (Å²) in [4.78, 5) is 14.1. The Morgan fingerprint density at radius 3 is 2.71 bits per heavy atom. The fraction of sp³-hybridized carbons (Fsp3) is 0.588. The van der Waals surface area contributed by atoms with Crippen LogP contribution in [0.1, 0.15) is 45.1 Å². The molecule has 1 atom stereocenters. The molecular formula is C17H27N3O. The van der Waals surface area contributed by atoms with E-state index in [-0.39, 0.29) is 11.9 Å². The number of carbonyl (C=O) groups excluding carboxylic acids is 1. The molecule has 1 amide bonds. The zero-order valence-corrected chi connectivity index (χ0v) is 13.2. The monoisotopic (exact) mass is 289 g/mol. The van der Waals surface area contributed by atoms with Crippen molar-refractivity contribution in [3.63, 3.8) is 0 Å². The van der Waals surface area contributed by atoms with Crippen molar-refractivity contribution in [2.75, 3.05) is 23.7 Å². The number of hydrogen-bond donors (Lipinski definition) is 2. The summed E-state index contributed by atoms with van der Waals surface area (Å²) in [7, 11) is 0. The quantitative estimate of drug-likeness (QED) is 0.792. The summed E-state index contributed by atoms with van der Waals surface area (Å²) in [6.07, 6.45) is 4.72. The summed E-state index contributed by atoms with van der Waals surface area (Å²) in [5.41, 5.74) is 9.27. The first-order valence-electron chi connectivity index (χ1n) is 8.03. The number of hydrogen-bond acceptors (Lipinski definition) is 3. The van der Waals surface area contributed by atoms with Gasteiger partial charge in [-0.1, -0.05) is 13.0 Å². The van der Waals surface area contributed by atoms with Crippen molar-refractivity contribution < 1.29 is 4.79 Å². The van der Waals surface area contributed by atoms with Gasteiger partial charge < -0.3 is 16.0 Å².